The van der Waals surface area contributed by atoms with Crippen LogP contribution < -0.4 is 5.32 Å². The molecule has 0 aliphatic heterocycles. The molecule has 1 heterocycles. The molecule has 0 saturated carbocycles. The van der Waals surface area contributed by atoms with Crippen molar-refractivity contribution in [2.75, 3.05) is 13.2 Å². The van der Waals surface area contributed by atoms with Crippen LogP contribution in [-0.4, -0.2) is 34.9 Å². The van der Waals surface area contributed by atoms with Crippen LogP contribution in [0, 0.1) is 0 Å². The van der Waals surface area contributed by atoms with Crippen LogP contribution in [0.2, 0.25) is 0 Å². The van der Waals surface area contributed by atoms with Gasteiger partial charge in [-0.05, 0) is 19.9 Å². The Bertz CT molecular complexity index is 298. The van der Waals surface area contributed by atoms with Crippen molar-refractivity contribution >= 4 is 5.97 Å². The van der Waals surface area contributed by atoms with Crippen LogP contribution in [0.15, 0.2) is 18.5 Å². The van der Waals surface area contributed by atoms with Crippen molar-refractivity contribution in [1.29, 1.82) is 0 Å². The number of aromatic nitrogens is 2. The summed E-state index contributed by atoms with van der Waals surface area (Å²) >= 11 is 0. The van der Waals surface area contributed by atoms with Gasteiger partial charge in [0, 0.05) is 25.0 Å². The Morgan fingerprint density at radius 2 is 2.44 bits per heavy atom. The van der Waals surface area contributed by atoms with Crippen molar-refractivity contribution in [3.8, 4) is 0 Å². The second-order valence-corrected chi connectivity index (χ2v) is 3.64. The maximum atomic E-state index is 11.1. The van der Waals surface area contributed by atoms with Gasteiger partial charge >= 0.3 is 5.97 Å². The van der Waals surface area contributed by atoms with E-state index in [4.69, 9.17) is 4.74 Å². The summed E-state index contributed by atoms with van der Waals surface area (Å²) in [5.41, 5.74) is 0. The molecule has 1 rings (SSSR count). The Labute approximate surface area is 95.8 Å². The SMILES string of the molecule is CCOC(=O)CCNC(C)Cn1cccn1. The maximum Gasteiger partial charge on any atom is 0.307 e. The van der Waals surface area contributed by atoms with Gasteiger partial charge in [0.2, 0.25) is 0 Å². The number of rotatable bonds is 7. The van der Waals surface area contributed by atoms with Crippen LogP contribution in [-0.2, 0) is 16.1 Å². The van der Waals surface area contributed by atoms with E-state index in [-0.39, 0.29) is 12.0 Å². The first-order valence-corrected chi connectivity index (χ1v) is 5.58. The first-order chi connectivity index (χ1) is 7.72. The van der Waals surface area contributed by atoms with E-state index in [1.807, 2.05) is 23.9 Å². The molecule has 0 spiro atoms. The summed E-state index contributed by atoms with van der Waals surface area (Å²) in [7, 11) is 0. The average Bonchev–Trinajstić information content (AvgIpc) is 2.70. The number of carbonyl (C=O) groups excluding carboxylic acids is 1. The normalized spacial score (nSPS) is 12.4. The lowest BCUT2D eigenvalue weighted by Gasteiger charge is -2.13. The van der Waals surface area contributed by atoms with E-state index in [9.17, 15) is 4.79 Å². The fourth-order valence-electron chi connectivity index (χ4n) is 1.41. The highest BCUT2D eigenvalue weighted by atomic mass is 16.5. The highest BCUT2D eigenvalue weighted by Gasteiger charge is 2.05. The number of nitrogens with one attached hydrogen (secondary N) is 1. The van der Waals surface area contributed by atoms with Crippen molar-refractivity contribution in [3.63, 3.8) is 0 Å². The van der Waals surface area contributed by atoms with Crippen molar-refractivity contribution in [1.82, 2.24) is 15.1 Å². The van der Waals surface area contributed by atoms with Gasteiger partial charge in [0.05, 0.1) is 19.6 Å². The van der Waals surface area contributed by atoms with Crippen LogP contribution in [0.5, 0.6) is 0 Å². The van der Waals surface area contributed by atoms with Crippen molar-refractivity contribution < 1.29 is 9.53 Å². The Morgan fingerprint density at radius 3 is 3.06 bits per heavy atom. The summed E-state index contributed by atoms with van der Waals surface area (Å²) in [6.45, 7) is 5.76. The highest BCUT2D eigenvalue weighted by Crippen LogP contribution is 1.91. The van der Waals surface area contributed by atoms with Gasteiger partial charge in [-0.1, -0.05) is 0 Å². The minimum Gasteiger partial charge on any atom is -0.466 e. The van der Waals surface area contributed by atoms with Gasteiger partial charge in [0.15, 0.2) is 0 Å². The topological polar surface area (TPSA) is 56.1 Å². The van der Waals surface area contributed by atoms with Gasteiger partial charge < -0.3 is 10.1 Å². The molecule has 1 unspecified atom stereocenters. The predicted octanol–water partition coefficient (Wildman–Crippen LogP) is 0.814. The molecule has 1 aromatic heterocycles. The number of carbonyl (C=O) groups is 1. The van der Waals surface area contributed by atoms with E-state index in [1.54, 1.807) is 6.20 Å². The molecule has 0 amide bonds. The summed E-state index contributed by atoms with van der Waals surface area (Å²) in [6.07, 6.45) is 4.09. The van der Waals surface area contributed by atoms with E-state index in [0.29, 0.717) is 19.6 Å². The molecule has 0 fully saturated rings. The van der Waals surface area contributed by atoms with Gasteiger partial charge in [-0.25, -0.2) is 0 Å². The first kappa shape index (κ1) is 12.7. The zero-order chi connectivity index (χ0) is 11.8. The molecular weight excluding hydrogens is 206 g/mol. The third kappa shape index (κ3) is 4.93. The number of ether oxygens (including phenoxy) is 1. The van der Waals surface area contributed by atoms with Gasteiger partial charge in [-0.15, -0.1) is 0 Å². The molecule has 0 radical (unpaired) electrons. The third-order valence-corrected chi connectivity index (χ3v) is 2.15. The Morgan fingerprint density at radius 1 is 1.62 bits per heavy atom. The lowest BCUT2D eigenvalue weighted by Crippen LogP contribution is -2.32. The predicted molar refractivity (Wildman–Crippen MR) is 60.9 cm³/mol. The zero-order valence-corrected chi connectivity index (χ0v) is 9.85. The summed E-state index contributed by atoms with van der Waals surface area (Å²) in [5, 5.41) is 7.36. The number of hydrogen-bond donors (Lipinski definition) is 1. The van der Waals surface area contributed by atoms with Gasteiger partial charge in [-0.3, -0.25) is 9.48 Å². The molecule has 0 aliphatic rings. The molecule has 5 nitrogen and oxygen atoms in total. The molecule has 90 valence electrons. The molecule has 0 aromatic carbocycles. The quantitative estimate of drug-likeness (QED) is 0.698. The summed E-state index contributed by atoms with van der Waals surface area (Å²) in [6, 6.07) is 2.18. The molecule has 0 bridgehead atoms. The Kier molecular flexibility index (Phi) is 5.56. The molecule has 1 aromatic rings. The molecule has 16 heavy (non-hydrogen) atoms. The van der Waals surface area contributed by atoms with E-state index >= 15 is 0 Å². The maximum absolute atomic E-state index is 11.1. The Hall–Kier alpha value is -1.36. The fourth-order valence-corrected chi connectivity index (χ4v) is 1.41. The van der Waals surface area contributed by atoms with E-state index in [2.05, 4.69) is 17.3 Å². The van der Waals surface area contributed by atoms with E-state index in [0.717, 1.165) is 6.54 Å². The van der Waals surface area contributed by atoms with Gasteiger partial charge in [0.25, 0.3) is 0 Å². The van der Waals surface area contributed by atoms with E-state index < -0.39 is 0 Å². The van der Waals surface area contributed by atoms with Crippen LogP contribution in [0.3, 0.4) is 0 Å². The van der Waals surface area contributed by atoms with Crippen LogP contribution in [0.25, 0.3) is 0 Å². The molecule has 1 atom stereocenters. The van der Waals surface area contributed by atoms with Gasteiger partial charge in [0.1, 0.15) is 0 Å². The van der Waals surface area contributed by atoms with Gasteiger partial charge in [-0.2, -0.15) is 5.10 Å². The third-order valence-electron chi connectivity index (χ3n) is 2.15. The smallest absolute Gasteiger partial charge is 0.307 e. The molecule has 5 heteroatoms. The minimum absolute atomic E-state index is 0.152. The fraction of sp³-hybridized carbons (Fsp3) is 0.636. The monoisotopic (exact) mass is 225 g/mol. The summed E-state index contributed by atoms with van der Waals surface area (Å²) in [5.74, 6) is -0.152. The summed E-state index contributed by atoms with van der Waals surface area (Å²) < 4.78 is 6.70. The molecular formula is C11H19N3O2. The van der Waals surface area contributed by atoms with Crippen molar-refractivity contribution in [2.24, 2.45) is 0 Å². The number of nitrogens with zero attached hydrogens (tertiary/aromatic N) is 2. The minimum atomic E-state index is -0.152. The van der Waals surface area contributed by atoms with Crippen LogP contribution in [0.4, 0.5) is 0 Å². The second kappa shape index (κ2) is 7.00. The first-order valence-electron chi connectivity index (χ1n) is 5.58. The second-order valence-electron chi connectivity index (χ2n) is 3.64. The number of hydrogen-bond acceptors (Lipinski definition) is 4. The molecule has 0 aliphatic carbocycles. The Balaban J connectivity index is 2.11. The van der Waals surface area contributed by atoms with Crippen molar-refractivity contribution in [2.45, 2.75) is 32.9 Å². The number of esters is 1. The largest absolute Gasteiger partial charge is 0.466 e. The highest BCUT2D eigenvalue weighted by molar-refractivity contribution is 5.69. The summed E-state index contributed by atoms with van der Waals surface area (Å²) in [4.78, 5) is 11.1. The lowest BCUT2D eigenvalue weighted by molar-refractivity contribution is -0.142. The van der Waals surface area contributed by atoms with Crippen LogP contribution in [0.1, 0.15) is 20.3 Å². The average molecular weight is 225 g/mol. The van der Waals surface area contributed by atoms with Crippen molar-refractivity contribution in [3.05, 3.63) is 18.5 Å². The molecule has 1 N–H and O–H groups in total. The van der Waals surface area contributed by atoms with E-state index in [1.165, 1.54) is 0 Å². The van der Waals surface area contributed by atoms with Crippen LogP contribution >= 0.6 is 0 Å². The zero-order valence-electron chi connectivity index (χ0n) is 9.85. The standard InChI is InChI=1S/C11H19N3O2/c1-3-16-11(15)5-7-12-10(2)9-14-8-4-6-13-14/h4,6,8,10,12H,3,5,7,9H2,1-2H3. The molecule has 0 saturated heterocycles. The lowest BCUT2D eigenvalue weighted by atomic mass is 10.3.